The molecule has 0 N–H and O–H groups in total. The van der Waals surface area contributed by atoms with Gasteiger partial charge in [0, 0.05) is 20.1 Å². The quantitative estimate of drug-likeness (QED) is 0.599. The van der Waals surface area contributed by atoms with Crippen LogP contribution in [0, 0.1) is 6.92 Å². The van der Waals surface area contributed by atoms with E-state index in [9.17, 15) is 4.79 Å². The molecule has 0 saturated heterocycles. The molecule has 8 nitrogen and oxygen atoms in total. The molecule has 3 aromatic heterocycles. The predicted octanol–water partition coefficient (Wildman–Crippen LogP) is 3.29. The summed E-state index contributed by atoms with van der Waals surface area (Å²) in [5.74, 6) is 2.83. The van der Waals surface area contributed by atoms with Gasteiger partial charge in [0.1, 0.15) is 17.2 Å². The van der Waals surface area contributed by atoms with Gasteiger partial charge in [-0.1, -0.05) is 0 Å². The number of amides is 1. The van der Waals surface area contributed by atoms with Crippen molar-refractivity contribution in [1.82, 2.24) is 19.9 Å². The van der Waals surface area contributed by atoms with Crippen molar-refractivity contribution in [2.75, 3.05) is 21.3 Å². The second-order valence-corrected chi connectivity index (χ2v) is 7.91. The Morgan fingerprint density at radius 1 is 1.36 bits per heavy atom. The molecule has 1 aliphatic carbocycles. The van der Waals surface area contributed by atoms with Crippen molar-refractivity contribution >= 4 is 27.5 Å². The summed E-state index contributed by atoms with van der Waals surface area (Å²) in [5, 5.41) is 0.760. The summed E-state index contributed by atoms with van der Waals surface area (Å²) in [6.45, 7) is 2.48. The number of hydrogen-bond acceptors (Lipinski definition) is 8. The van der Waals surface area contributed by atoms with Crippen molar-refractivity contribution in [3.63, 3.8) is 0 Å². The van der Waals surface area contributed by atoms with E-state index in [0.29, 0.717) is 39.8 Å². The number of fused-ring (bicyclic) bond motifs is 1. The number of nitrogens with zero attached hydrogens (tertiary/aromatic N) is 4. The molecule has 1 fully saturated rings. The number of oxazole rings is 1. The Hall–Kier alpha value is -2.52. The van der Waals surface area contributed by atoms with E-state index >= 15 is 0 Å². The fourth-order valence-electron chi connectivity index (χ4n) is 3.09. The number of carbonyl (C=O) groups excluding carboxylic acids is 1. The van der Waals surface area contributed by atoms with Crippen molar-refractivity contribution in [2.24, 2.45) is 0 Å². The molecule has 148 valence electrons. The van der Waals surface area contributed by atoms with Gasteiger partial charge in [-0.25, -0.2) is 9.97 Å². The maximum absolute atomic E-state index is 13.1. The number of rotatable bonds is 7. The standard InChI is InChI=1S/C19H22N4O4S/c1-10-15-17(26-4)21-13(9-25-3)22-18(15)28-16(10)19(24)23(2)8-14-20-7-12(27-14)11-5-6-11/h7,11H,5-6,8-9H2,1-4H3. The Balaban J connectivity index is 1.61. The minimum atomic E-state index is -0.109. The average molecular weight is 402 g/mol. The summed E-state index contributed by atoms with van der Waals surface area (Å²) in [4.78, 5) is 29.2. The summed E-state index contributed by atoms with van der Waals surface area (Å²) in [7, 11) is 4.89. The van der Waals surface area contributed by atoms with E-state index in [1.165, 1.54) is 11.3 Å². The molecule has 3 aromatic rings. The zero-order valence-corrected chi connectivity index (χ0v) is 17.1. The van der Waals surface area contributed by atoms with Crippen LogP contribution in [0.5, 0.6) is 5.88 Å². The van der Waals surface area contributed by atoms with Crippen molar-refractivity contribution < 1.29 is 18.7 Å². The number of aromatic nitrogens is 3. The third-order valence-electron chi connectivity index (χ3n) is 4.73. The van der Waals surface area contributed by atoms with Gasteiger partial charge in [-0.15, -0.1) is 11.3 Å². The van der Waals surface area contributed by atoms with Gasteiger partial charge in [-0.05, 0) is 25.3 Å². The van der Waals surface area contributed by atoms with Gasteiger partial charge < -0.3 is 18.8 Å². The Kier molecular flexibility index (Phi) is 5.03. The smallest absolute Gasteiger partial charge is 0.264 e. The van der Waals surface area contributed by atoms with Crippen LogP contribution in [0.3, 0.4) is 0 Å². The SMILES string of the molecule is COCc1nc(OC)c2c(C)c(C(=O)N(C)Cc3ncc(C4CC4)o3)sc2n1. The van der Waals surface area contributed by atoms with Gasteiger partial charge in [0.2, 0.25) is 11.8 Å². The first-order valence-electron chi connectivity index (χ1n) is 9.04. The Morgan fingerprint density at radius 3 is 2.82 bits per heavy atom. The van der Waals surface area contributed by atoms with Crippen LogP contribution >= 0.6 is 11.3 Å². The van der Waals surface area contributed by atoms with Crippen molar-refractivity contribution in [3.8, 4) is 5.88 Å². The average Bonchev–Trinajstić information content (AvgIpc) is 3.35. The third-order valence-corrected chi connectivity index (χ3v) is 5.91. The number of hydrogen-bond donors (Lipinski definition) is 0. The zero-order valence-electron chi connectivity index (χ0n) is 16.3. The molecule has 1 saturated carbocycles. The third kappa shape index (κ3) is 3.47. The molecule has 0 atom stereocenters. The molecule has 0 aromatic carbocycles. The highest BCUT2D eigenvalue weighted by Gasteiger charge is 2.28. The first kappa shape index (κ1) is 18.8. The largest absolute Gasteiger partial charge is 0.480 e. The van der Waals surface area contributed by atoms with Crippen LogP contribution in [0.1, 0.15) is 51.5 Å². The van der Waals surface area contributed by atoms with Gasteiger partial charge in [0.05, 0.1) is 30.1 Å². The lowest BCUT2D eigenvalue weighted by atomic mass is 10.2. The maximum Gasteiger partial charge on any atom is 0.264 e. The van der Waals surface area contributed by atoms with Gasteiger partial charge in [0.25, 0.3) is 5.91 Å². The molecule has 1 aliphatic rings. The molecule has 28 heavy (non-hydrogen) atoms. The second kappa shape index (κ2) is 7.48. The lowest BCUT2D eigenvalue weighted by molar-refractivity contribution is 0.0776. The van der Waals surface area contributed by atoms with E-state index in [-0.39, 0.29) is 12.5 Å². The molecule has 0 aliphatic heterocycles. The molecule has 0 radical (unpaired) electrons. The van der Waals surface area contributed by atoms with Crippen molar-refractivity contribution in [2.45, 2.75) is 38.8 Å². The molecular formula is C19H22N4O4S. The number of methoxy groups -OCH3 is 2. The Bertz CT molecular complexity index is 1020. The van der Waals surface area contributed by atoms with Gasteiger partial charge in [-0.3, -0.25) is 4.79 Å². The van der Waals surface area contributed by atoms with Crippen LogP contribution in [-0.2, 0) is 17.9 Å². The highest BCUT2D eigenvalue weighted by molar-refractivity contribution is 7.20. The van der Waals surface area contributed by atoms with Gasteiger partial charge in [0.15, 0.2) is 5.82 Å². The fourth-order valence-corrected chi connectivity index (χ4v) is 4.28. The lowest BCUT2D eigenvalue weighted by Crippen LogP contribution is -2.26. The first-order valence-corrected chi connectivity index (χ1v) is 9.86. The van der Waals surface area contributed by atoms with E-state index in [1.54, 1.807) is 32.4 Å². The summed E-state index contributed by atoms with van der Waals surface area (Å²) >= 11 is 1.33. The number of carbonyl (C=O) groups is 1. The predicted molar refractivity (Wildman–Crippen MR) is 104 cm³/mol. The molecule has 1 amide bonds. The van der Waals surface area contributed by atoms with Crippen molar-refractivity contribution in [3.05, 3.63) is 34.1 Å². The van der Waals surface area contributed by atoms with Gasteiger partial charge >= 0.3 is 0 Å². The molecule has 0 bridgehead atoms. The van der Waals surface area contributed by atoms with E-state index in [2.05, 4.69) is 15.0 Å². The Labute approximate surface area is 166 Å². The van der Waals surface area contributed by atoms with Crippen LogP contribution in [0.4, 0.5) is 0 Å². The molecule has 0 unspecified atom stereocenters. The number of ether oxygens (including phenoxy) is 2. The molecule has 4 rings (SSSR count). The summed E-state index contributed by atoms with van der Waals surface area (Å²) < 4.78 is 16.3. The van der Waals surface area contributed by atoms with Gasteiger partial charge in [-0.2, -0.15) is 4.98 Å². The second-order valence-electron chi connectivity index (χ2n) is 6.91. The lowest BCUT2D eigenvalue weighted by Gasteiger charge is -2.14. The fraction of sp³-hybridized carbons (Fsp3) is 0.474. The zero-order chi connectivity index (χ0) is 19.8. The van der Waals surface area contributed by atoms with Crippen LogP contribution in [0.2, 0.25) is 0 Å². The van der Waals surface area contributed by atoms with Crippen LogP contribution in [0.25, 0.3) is 10.2 Å². The molecule has 0 spiro atoms. The normalized spacial score (nSPS) is 13.9. The van der Waals surface area contributed by atoms with E-state index < -0.39 is 0 Å². The highest BCUT2D eigenvalue weighted by atomic mass is 32.1. The van der Waals surface area contributed by atoms with Crippen molar-refractivity contribution in [1.29, 1.82) is 0 Å². The Morgan fingerprint density at radius 2 is 2.14 bits per heavy atom. The highest BCUT2D eigenvalue weighted by Crippen LogP contribution is 2.40. The van der Waals surface area contributed by atoms with E-state index in [1.807, 2.05) is 6.92 Å². The van der Waals surface area contributed by atoms with Crippen LogP contribution < -0.4 is 4.74 Å². The van der Waals surface area contributed by atoms with Crippen LogP contribution in [-0.4, -0.2) is 47.0 Å². The molecule has 9 heteroatoms. The minimum absolute atomic E-state index is 0.109. The summed E-state index contributed by atoms with van der Waals surface area (Å²) in [6.07, 6.45) is 4.07. The number of thiophene rings is 1. The monoisotopic (exact) mass is 402 g/mol. The van der Waals surface area contributed by atoms with E-state index in [4.69, 9.17) is 13.9 Å². The molecule has 3 heterocycles. The summed E-state index contributed by atoms with van der Waals surface area (Å²) in [6, 6.07) is 0. The number of aryl methyl sites for hydroxylation is 1. The first-order chi connectivity index (χ1) is 13.5. The van der Waals surface area contributed by atoms with Crippen LogP contribution in [0.15, 0.2) is 10.6 Å². The summed E-state index contributed by atoms with van der Waals surface area (Å²) in [5.41, 5.74) is 0.809. The van der Waals surface area contributed by atoms with E-state index in [0.717, 1.165) is 29.6 Å². The molecular weight excluding hydrogens is 380 g/mol. The maximum atomic E-state index is 13.1. The minimum Gasteiger partial charge on any atom is -0.480 e. The topological polar surface area (TPSA) is 90.6 Å².